The van der Waals surface area contributed by atoms with Crippen molar-refractivity contribution in [2.75, 3.05) is 22.9 Å². The van der Waals surface area contributed by atoms with Gasteiger partial charge in [0.2, 0.25) is 0 Å². The maximum absolute atomic E-state index is 4.17. The summed E-state index contributed by atoms with van der Waals surface area (Å²) in [7, 11) is 0. The van der Waals surface area contributed by atoms with Crippen molar-refractivity contribution in [2.24, 2.45) is 0 Å². The number of rotatable bonds is 6. The molecule has 3 nitrogen and oxygen atoms in total. The topological polar surface area (TPSA) is 19.4 Å². The largest absolute Gasteiger partial charge is 0.367 e. The van der Waals surface area contributed by atoms with E-state index < -0.39 is 0 Å². The number of benzene rings is 2. The first-order valence-electron chi connectivity index (χ1n) is 9.41. The van der Waals surface area contributed by atoms with Crippen LogP contribution in [-0.4, -0.2) is 24.1 Å². The summed E-state index contributed by atoms with van der Waals surface area (Å²) in [6.45, 7) is 3.09. The number of nitrogens with zero attached hydrogens (tertiary/aromatic N) is 3. The van der Waals surface area contributed by atoms with E-state index in [2.05, 4.69) is 87.6 Å². The van der Waals surface area contributed by atoms with Crippen LogP contribution in [0.3, 0.4) is 0 Å². The third-order valence-electron chi connectivity index (χ3n) is 5.14. The van der Waals surface area contributed by atoms with Crippen molar-refractivity contribution < 1.29 is 0 Å². The summed E-state index contributed by atoms with van der Waals surface area (Å²) in [5, 5.41) is 0. The van der Waals surface area contributed by atoms with Gasteiger partial charge in [0.15, 0.2) is 0 Å². The molecular weight excluding hydrogens is 318 g/mol. The highest BCUT2D eigenvalue weighted by Crippen LogP contribution is 2.27. The molecule has 132 valence electrons. The quantitative estimate of drug-likeness (QED) is 0.643. The predicted octanol–water partition coefficient (Wildman–Crippen LogP) is 4.76. The van der Waals surface area contributed by atoms with Crippen LogP contribution in [-0.2, 0) is 6.54 Å². The number of hydrogen-bond acceptors (Lipinski definition) is 3. The van der Waals surface area contributed by atoms with Crippen LogP contribution in [0.2, 0.25) is 0 Å². The number of pyridine rings is 1. The lowest BCUT2D eigenvalue weighted by atomic mass is 10.1. The molecule has 3 heteroatoms. The highest BCUT2D eigenvalue weighted by Gasteiger charge is 2.27. The molecule has 1 aliphatic rings. The fourth-order valence-corrected chi connectivity index (χ4v) is 3.86. The van der Waals surface area contributed by atoms with Gasteiger partial charge in [-0.1, -0.05) is 48.5 Å². The molecule has 0 amide bonds. The van der Waals surface area contributed by atoms with Crippen molar-refractivity contribution in [1.82, 2.24) is 4.98 Å². The first kappa shape index (κ1) is 16.6. The standard InChI is InChI=1S/C23H25N3/c1-3-8-20(9-4-1)18-25(21-10-5-2-6-11-21)19-23-12-7-17-26(23)22-13-15-24-16-14-22/h1-6,8-11,13-16,23H,7,12,17-19H2/t23-/m0/s1. The van der Waals surface area contributed by atoms with E-state index in [4.69, 9.17) is 0 Å². The Bertz CT molecular complexity index is 789. The summed E-state index contributed by atoms with van der Waals surface area (Å²) in [6.07, 6.45) is 6.27. The molecule has 1 aromatic heterocycles. The van der Waals surface area contributed by atoms with Gasteiger partial charge in [-0.2, -0.15) is 0 Å². The van der Waals surface area contributed by atoms with Crippen LogP contribution in [0.5, 0.6) is 0 Å². The smallest absolute Gasteiger partial charge is 0.0465 e. The van der Waals surface area contributed by atoms with E-state index >= 15 is 0 Å². The minimum atomic E-state index is 0.529. The van der Waals surface area contributed by atoms with Gasteiger partial charge in [-0.05, 0) is 42.7 Å². The molecule has 0 saturated carbocycles. The lowest BCUT2D eigenvalue weighted by molar-refractivity contribution is 0.627. The zero-order chi connectivity index (χ0) is 17.6. The molecule has 3 aromatic rings. The monoisotopic (exact) mass is 343 g/mol. The van der Waals surface area contributed by atoms with Gasteiger partial charge in [-0.15, -0.1) is 0 Å². The predicted molar refractivity (Wildman–Crippen MR) is 109 cm³/mol. The molecule has 2 heterocycles. The Kier molecular flexibility index (Phi) is 5.15. The van der Waals surface area contributed by atoms with Crippen LogP contribution in [0, 0.1) is 0 Å². The normalized spacial score (nSPS) is 16.6. The van der Waals surface area contributed by atoms with E-state index in [1.165, 1.54) is 29.8 Å². The van der Waals surface area contributed by atoms with Gasteiger partial charge in [0.1, 0.15) is 0 Å². The minimum absolute atomic E-state index is 0.529. The molecule has 0 bridgehead atoms. The first-order valence-corrected chi connectivity index (χ1v) is 9.41. The molecular formula is C23H25N3. The lowest BCUT2D eigenvalue weighted by Gasteiger charge is -2.33. The third kappa shape index (κ3) is 3.88. The zero-order valence-corrected chi connectivity index (χ0v) is 15.0. The lowest BCUT2D eigenvalue weighted by Crippen LogP contribution is -2.40. The molecule has 1 saturated heterocycles. The van der Waals surface area contributed by atoms with Crippen LogP contribution in [0.4, 0.5) is 11.4 Å². The van der Waals surface area contributed by atoms with Gasteiger partial charge in [0.25, 0.3) is 0 Å². The fraction of sp³-hybridized carbons (Fsp3) is 0.261. The SMILES string of the molecule is c1ccc(CN(C[C@@H]2CCCN2c2ccncc2)c2ccccc2)cc1. The molecule has 2 aromatic carbocycles. The van der Waals surface area contributed by atoms with E-state index in [-0.39, 0.29) is 0 Å². The summed E-state index contributed by atoms with van der Waals surface area (Å²) in [4.78, 5) is 9.23. The Hall–Kier alpha value is -2.81. The van der Waals surface area contributed by atoms with Gasteiger partial charge in [0, 0.05) is 49.4 Å². The van der Waals surface area contributed by atoms with Crippen molar-refractivity contribution in [1.29, 1.82) is 0 Å². The highest BCUT2D eigenvalue weighted by atomic mass is 15.2. The molecule has 0 spiro atoms. The maximum Gasteiger partial charge on any atom is 0.0465 e. The van der Waals surface area contributed by atoms with E-state index in [0.717, 1.165) is 19.6 Å². The Morgan fingerprint density at radius 2 is 1.58 bits per heavy atom. The second-order valence-electron chi connectivity index (χ2n) is 6.90. The van der Waals surface area contributed by atoms with Crippen LogP contribution in [0.1, 0.15) is 18.4 Å². The summed E-state index contributed by atoms with van der Waals surface area (Å²) in [5.41, 5.74) is 3.93. The third-order valence-corrected chi connectivity index (χ3v) is 5.14. The van der Waals surface area contributed by atoms with Gasteiger partial charge in [0.05, 0.1) is 0 Å². The summed E-state index contributed by atoms with van der Waals surface area (Å²) < 4.78 is 0. The molecule has 1 atom stereocenters. The number of anilines is 2. The number of hydrogen-bond donors (Lipinski definition) is 0. The molecule has 0 aliphatic carbocycles. The van der Waals surface area contributed by atoms with Crippen molar-refractivity contribution in [3.63, 3.8) is 0 Å². The first-order chi connectivity index (χ1) is 12.9. The second-order valence-corrected chi connectivity index (χ2v) is 6.90. The van der Waals surface area contributed by atoms with Gasteiger partial charge < -0.3 is 9.80 Å². The van der Waals surface area contributed by atoms with Gasteiger partial charge in [-0.25, -0.2) is 0 Å². The molecule has 0 N–H and O–H groups in total. The summed E-state index contributed by atoms with van der Waals surface area (Å²) in [6, 6.07) is 26.3. The van der Waals surface area contributed by atoms with Crippen LogP contribution in [0.15, 0.2) is 85.2 Å². The van der Waals surface area contributed by atoms with Crippen LogP contribution in [0.25, 0.3) is 0 Å². The molecule has 26 heavy (non-hydrogen) atoms. The van der Waals surface area contributed by atoms with Crippen LogP contribution >= 0.6 is 0 Å². The van der Waals surface area contributed by atoms with E-state index in [9.17, 15) is 0 Å². The van der Waals surface area contributed by atoms with E-state index in [1.54, 1.807) is 0 Å². The molecule has 4 rings (SSSR count). The zero-order valence-electron chi connectivity index (χ0n) is 15.0. The van der Waals surface area contributed by atoms with Crippen molar-refractivity contribution in [2.45, 2.75) is 25.4 Å². The van der Waals surface area contributed by atoms with Crippen molar-refractivity contribution in [3.8, 4) is 0 Å². The number of para-hydroxylation sites is 1. The van der Waals surface area contributed by atoms with E-state index in [0.29, 0.717) is 6.04 Å². The molecule has 1 aliphatic heterocycles. The Balaban J connectivity index is 1.56. The molecule has 1 fully saturated rings. The number of aromatic nitrogens is 1. The fourth-order valence-electron chi connectivity index (χ4n) is 3.86. The van der Waals surface area contributed by atoms with Gasteiger partial charge >= 0.3 is 0 Å². The second kappa shape index (κ2) is 8.05. The average molecular weight is 343 g/mol. The Morgan fingerprint density at radius 1 is 0.885 bits per heavy atom. The van der Waals surface area contributed by atoms with E-state index in [1.807, 2.05) is 12.4 Å². The Morgan fingerprint density at radius 3 is 2.31 bits per heavy atom. The van der Waals surface area contributed by atoms with Crippen LogP contribution < -0.4 is 9.80 Å². The Labute approximate surface area is 155 Å². The van der Waals surface area contributed by atoms with Gasteiger partial charge in [-0.3, -0.25) is 4.98 Å². The molecule has 0 radical (unpaired) electrons. The average Bonchev–Trinajstić information content (AvgIpc) is 3.18. The van der Waals surface area contributed by atoms with Crippen molar-refractivity contribution in [3.05, 3.63) is 90.8 Å². The summed E-state index contributed by atoms with van der Waals surface area (Å²) in [5.74, 6) is 0. The maximum atomic E-state index is 4.17. The minimum Gasteiger partial charge on any atom is -0.367 e. The highest BCUT2D eigenvalue weighted by molar-refractivity contribution is 5.50. The van der Waals surface area contributed by atoms with Crippen molar-refractivity contribution >= 4 is 11.4 Å². The molecule has 0 unspecified atom stereocenters. The summed E-state index contributed by atoms with van der Waals surface area (Å²) >= 11 is 0.